The van der Waals surface area contributed by atoms with Gasteiger partial charge in [0.1, 0.15) is 5.75 Å². The fourth-order valence-corrected chi connectivity index (χ4v) is 1.86. The molecule has 0 saturated carbocycles. The second-order valence-corrected chi connectivity index (χ2v) is 4.23. The van der Waals surface area contributed by atoms with Crippen LogP contribution >= 0.6 is 0 Å². The number of benzene rings is 1. The number of ketones is 1. The predicted octanol–water partition coefficient (Wildman–Crippen LogP) is 3.49. The Morgan fingerprint density at radius 3 is 2.47 bits per heavy atom. The molecule has 1 aliphatic carbocycles. The van der Waals surface area contributed by atoms with Crippen LogP contribution in [-0.4, -0.2) is 10.9 Å². The lowest BCUT2D eigenvalue weighted by Crippen LogP contribution is -1.94. The smallest absolute Gasteiger partial charge is 0.159 e. The van der Waals surface area contributed by atoms with Crippen molar-refractivity contribution in [2.45, 2.75) is 13.8 Å². The minimum atomic E-state index is -0.0592. The first-order valence-corrected chi connectivity index (χ1v) is 5.42. The first-order valence-electron chi connectivity index (χ1n) is 5.42. The van der Waals surface area contributed by atoms with E-state index in [-0.39, 0.29) is 11.5 Å². The molecule has 2 nitrogen and oxygen atoms in total. The van der Waals surface area contributed by atoms with Gasteiger partial charge in [0.05, 0.1) is 0 Å². The van der Waals surface area contributed by atoms with Crippen LogP contribution in [-0.2, 0) is 0 Å². The zero-order valence-corrected chi connectivity index (χ0v) is 9.95. The highest BCUT2D eigenvalue weighted by Crippen LogP contribution is 2.34. The number of Topliss-reactive ketones (excluding diaryl/α,β-unsaturated/α-hetero) is 1. The van der Waals surface area contributed by atoms with Gasteiger partial charge < -0.3 is 5.11 Å². The van der Waals surface area contributed by atoms with Gasteiger partial charge in [-0.15, -0.1) is 0 Å². The molecule has 0 saturated heterocycles. The fraction of sp³-hybridized carbons (Fsp3) is 0.133. The highest BCUT2D eigenvalue weighted by Gasteiger charge is 2.14. The van der Waals surface area contributed by atoms with Crippen LogP contribution in [0.3, 0.4) is 0 Å². The van der Waals surface area contributed by atoms with E-state index < -0.39 is 0 Å². The lowest BCUT2D eigenvalue weighted by molar-refractivity contribution is 0.101. The van der Waals surface area contributed by atoms with Crippen molar-refractivity contribution < 1.29 is 9.90 Å². The summed E-state index contributed by atoms with van der Waals surface area (Å²) in [7, 11) is 0. The highest BCUT2D eigenvalue weighted by molar-refractivity contribution is 5.97. The second kappa shape index (κ2) is 4.06. The van der Waals surface area contributed by atoms with Crippen LogP contribution in [0.25, 0.3) is 5.57 Å². The lowest BCUT2D eigenvalue weighted by Gasteiger charge is -2.08. The molecule has 2 rings (SSSR count). The molecular weight excluding hydrogens is 212 g/mol. The molecule has 17 heavy (non-hydrogen) atoms. The van der Waals surface area contributed by atoms with E-state index in [0.29, 0.717) is 5.56 Å². The van der Waals surface area contributed by atoms with Gasteiger partial charge in [0.2, 0.25) is 0 Å². The monoisotopic (exact) mass is 226 g/mol. The van der Waals surface area contributed by atoms with Crippen molar-refractivity contribution >= 4 is 11.4 Å². The molecule has 86 valence electrons. The van der Waals surface area contributed by atoms with Crippen molar-refractivity contribution in [1.82, 2.24) is 0 Å². The van der Waals surface area contributed by atoms with Gasteiger partial charge in [-0.1, -0.05) is 18.7 Å². The molecule has 2 heteroatoms. The first-order chi connectivity index (χ1) is 7.99. The lowest BCUT2D eigenvalue weighted by atomic mass is 9.96. The Hall–Kier alpha value is -2.09. The van der Waals surface area contributed by atoms with E-state index in [9.17, 15) is 9.90 Å². The van der Waals surface area contributed by atoms with Crippen molar-refractivity contribution in [3.63, 3.8) is 0 Å². The average molecular weight is 226 g/mol. The summed E-state index contributed by atoms with van der Waals surface area (Å²) in [6.45, 7) is 7.47. The molecule has 1 aliphatic rings. The molecule has 0 spiro atoms. The highest BCUT2D eigenvalue weighted by atomic mass is 16.3. The van der Waals surface area contributed by atoms with Crippen molar-refractivity contribution in [2.75, 3.05) is 0 Å². The second-order valence-electron chi connectivity index (χ2n) is 4.23. The summed E-state index contributed by atoms with van der Waals surface area (Å²) in [5.41, 5.74) is 4.34. The van der Waals surface area contributed by atoms with Gasteiger partial charge >= 0.3 is 0 Å². The van der Waals surface area contributed by atoms with Gasteiger partial charge in [-0.25, -0.2) is 0 Å². The van der Waals surface area contributed by atoms with Crippen LogP contribution in [0.2, 0.25) is 0 Å². The van der Waals surface area contributed by atoms with E-state index in [2.05, 4.69) is 6.58 Å². The van der Waals surface area contributed by atoms with E-state index in [1.165, 1.54) is 13.0 Å². The standard InChI is InChI=1S/C15H14O2/c1-9-4-5-15(10(9)2)13-6-12(11(3)16)7-14(17)8-13/h4-8,17H,2H2,1,3H3. The number of hydrogen-bond acceptors (Lipinski definition) is 2. The maximum atomic E-state index is 11.3. The molecule has 0 aliphatic heterocycles. The Balaban J connectivity index is 2.48. The third-order valence-corrected chi connectivity index (χ3v) is 2.94. The molecular formula is C15H14O2. The molecule has 0 unspecified atom stereocenters. The van der Waals surface area contributed by atoms with Crippen LogP contribution in [0, 0.1) is 0 Å². The van der Waals surface area contributed by atoms with E-state index >= 15 is 0 Å². The van der Waals surface area contributed by atoms with E-state index in [4.69, 9.17) is 0 Å². The van der Waals surface area contributed by atoms with Gasteiger partial charge in [-0.3, -0.25) is 4.79 Å². The van der Waals surface area contributed by atoms with Crippen molar-refractivity contribution in [3.8, 4) is 5.75 Å². The molecule has 1 aromatic rings. The van der Waals surface area contributed by atoms with Crippen molar-refractivity contribution in [3.05, 3.63) is 59.2 Å². The van der Waals surface area contributed by atoms with Gasteiger partial charge in [-0.05, 0) is 54.3 Å². The maximum absolute atomic E-state index is 11.3. The largest absolute Gasteiger partial charge is 0.508 e. The Morgan fingerprint density at radius 2 is 1.94 bits per heavy atom. The minimum Gasteiger partial charge on any atom is -0.508 e. The SMILES string of the molecule is C=C1C(C)=CC=C1c1cc(O)cc(C(C)=O)c1. The summed E-state index contributed by atoms with van der Waals surface area (Å²) >= 11 is 0. The van der Waals surface area contributed by atoms with Gasteiger partial charge in [0.25, 0.3) is 0 Å². The molecule has 0 atom stereocenters. The molecule has 0 radical (unpaired) electrons. The number of phenolic OH excluding ortho intramolecular Hbond substituents is 1. The fourth-order valence-electron chi connectivity index (χ4n) is 1.86. The summed E-state index contributed by atoms with van der Waals surface area (Å²) in [6.07, 6.45) is 3.94. The van der Waals surface area contributed by atoms with Crippen LogP contribution in [0.4, 0.5) is 0 Å². The van der Waals surface area contributed by atoms with Crippen LogP contribution < -0.4 is 0 Å². The molecule has 0 heterocycles. The summed E-state index contributed by atoms with van der Waals surface area (Å²) < 4.78 is 0. The number of carbonyl (C=O) groups is 1. The quantitative estimate of drug-likeness (QED) is 0.784. The van der Waals surface area contributed by atoms with Gasteiger partial charge in [-0.2, -0.15) is 0 Å². The molecule has 0 aromatic heterocycles. The first kappa shape index (κ1) is 11.4. The Labute approximate surface area is 101 Å². The Bertz CT molecular complexity index is 575. The molecule has 1 aromatic carbocycles. The molecule has 0 bridgehead atoms. The summed E-state index contributed by atoms with van der Waals surface area (Å²) in [5, 5.41) is 9.63. The van der Waals surface area contributed by atoms with Crippen molar-refractivity contribution in [1.29, 1.82) is 0 Å². The number of hydrogen-bond donors (Lipinski definition) is 1. The summed E-state index contributed by atoms with van der Waals surface area (Å²) in [4.78, 5) is 11.3. The predicted molar refractivity (Wildman–Crippen MR) is 69.0 cm³/mol. The third kappa shape index (κ3) is 2.07. The zero-order chi connectivity index (χ0) is 12.6. The van der Waals surface area contributed by atoms with Gasteiger partial charge in [0, 0.05) is 5.56 Å². The molecule has 1 N–H and O–H groups in total. The number of phenols is 1. The van der Waals surface area contributed by atoms with Crippen molar-refractivity contribution in [2.24, 2.45) is 0 Å². The molecule has 0 fully saturated rings. The van der Waals surface area contributed by atoms with Crippen LogP contribution in [0.1, 0.15) is 29.8 Å². The van der Waals surface area contributed by atoms with E-state index in [1.807, 2.05) is 19.1 Å². The number of allylic oxidation sites excluding steroid dienone is 5. The summed E-state index contributed by atoms with van der Waals surface area (Å²) in [5.74, 6) is 0.0435. The molecule has 0 amide bonds. The van der Waals surface area contributed by atoms with Crippen LogP contribution in [0.15, 0.2) is 48.1 Å². The van der Waals surface area contributed by atoms with E-state index in [1.54, 1.807) is 12.1 Å². The van der Waals surface area contributed by atoms with E-state index in [0.717, 1.165) is 22.3 Å². The topological polar surface area (TPSA) is 37.3 Å². The maximum Gasteiger partial charge on any atom is 0.159 e. The minimum absolute atomic E-state index is 0.0592. The number of aromatic hydroxyl groups is 1. The zero-order valence-electron chi connectivity index (χ0n) is 9.95. The third-order valence-electron chi connectivity index (χ3n) is 2.94. The van der Waals surface area contributed by atoms with Gasteiger partial charge in [0.15, 0.2) is 5.78 Å². The number of carbonyl (C=O) groups excluding carboxylic acids is 1. The Morgan fingerprint density at radius 1 is 1.24 bits per heavy atom. The van der Waals surface area contributed by atoms with Crippen LogP contribution in [0.5, 0.6) is 5.75 Å². The number of rotatable bonds is 2. The normalized spacial score (nSPS) is 14.6. The summed E-state index contributed by atoms with van der Waals surface area (Å²) in [6, 6.07) is 4.91. The Kier molecular flexibility index (Phi) is 2.72. The average Bonchev–Trinajstić information content (AvgIpc) is 2.59.